The molecule has 1 fully saturated rings. The van der Waals surface area contributed by atoms with Crippen molar-refractivity contribution in [3.63, 3.8) is 0 Å². The maximum absolute atomic E-state index is 13.3. The molecule has 1 aromatic carbocycles. The third kappa shape index (κ3) is 4.56. The number of aliphatic imine (C=N–C) groups is 1. The number of nitrogens with one attached hydrogen (secondary N) is 1. The van der Waals surface area contributed by atoms with Gasteiger partial charge < -0.3 is 19.5 Å². The van der Waals surface area contributed by atoms with Crippen molar-refractivity contribution in [3.8, 4) is 0 Å². The predicted molar refractivity (Wildman–Crippen MR) is 129 cm³/mol. The van der Waals surface area contributed by atoms with E-state index in [0.29, 0.717) is 24.6 Å². The van der Waals surface area contributed by atoms with Crippen molar-refractivity contribution in [3.05, 3.63) is 35.0 Å². The van der Waals surface area contributed by atoms with E-state index < -0.39 is 0 Å². The minimum Gasteiger partial charge on any atom is -0.381 e. The molecule has 0 radical (unpaired) electrons. The molecule has 7 nitrogen and oxygen atoms in total. The maximum atomic E-state index is 13.3. The van der Waals surface area contributed by atoms with Crippen LogP contribution in [0.1, 0.15) is 47.8 Å². The summed E-state index contributed by atoms with van der Waals surface area (Å²) < 4.78 is 7.90. The molecule has 2 aliphatic heterocycles. The van der Waals surface area contributed by atoms with E-state index in [0.717, 1.165) is 44.8 Å². The Morgan fingerprint density at radius 3 is 2.73 bits per heavy atom. The molecule has 2 amide bonds. The van der Waals surface area contributed by atoms with Crippen LogP contribution >= 0.6 is 0 Å². The van der Waals surface area contributed by atoms with E-state index in [1.54, 1.807) is 4.90 Å². The van der Waals surface area contributed by atoms with Crippen LogP contribution in [0.3, 0.4) is 0 Å². The first kappa shape index (κ1) is 22.1. The summed E-state index contributed by atoms with van der Waals surface area (Å²) >= 11 is 0. The van der Waals surface area contributed by atoms with Gasteiger partial charge in [0, 0.05) is 61.7 Å². The van der Waals surface area contributed by atoms with E-state index in [4.69, 9.17) is 4.74 Å². The Bertz CT molecular complexity index is 1080. The van der Waals surface area contributed by atoms with Gasteiger partial charge in [0.05, 0.1) is 6.54 Å². The van der Waals surface area contributed by atoms with Gasteiger partial charge in [-0.25, -0.2) is 0 Å². The molecular formula is C26H34N4O3. The second kappa shape index (κ2) is 9.29. The summed E-state index contributed by atoms with van der Waals surface area (Å²) in [7, 11) is 2.14. The van der Waals surface area contributed by atoms with Crippen LogP contribution in [0, 0.1) is 11.8 Å². The number of hydrogen-bond acceptors (Lipinski definition) is 4. The number of fused-ring (bicyclic) bond motifs is 3. The van der Waals surface area contributed by atoms with E-state index in [1.165, 1.54) is 28.6 Å². The third-order valence-electron chi connectivity index (χ3n) is 7.71. The predicted octanol–water partition coefficient (Wildman–Crippen LogP) is 2.74. The average molecular weight is 451 g/mol. The Morgan fingerprint density at radius 1 is 1.21 bits per heavy atom. The zero-order valence-corrected chi connectivity index (χ0v) is 19.7. The van der Waals surface area contributed by atoms with Crippen LogP contribution < -0.4 is 5.32 Å². The summed E-state index contributed by atoms with van der Waals surface area (Å²) in [5.41, 5.74) is 4.67. The van der Waals surface area contributed by atoms with Crippen LogP contribution in [0.4, 0.5) is 0 Å². The standard InChI is InChI=1S/C26H34N4O3/c1-3-30(16-25(31)28-15-20-14-27-20)26(32)19-5-7-24-22(13-19)21-12-18(4-6-23(21)29(24)2)17-8-10-33-11-9-17/h5,7,13-14,17-18,20H,3-4,6,8-12,15-16H2,1-2H3,(H,28,31). The molecule has 1 saturated heterocycles. The van der Waals surface area contributed by atoms with Gasteiger partial charge in [0.2, 0.25) is 5.91 Å². The highest BCUT2D eigenvalue weighted by Crippen LogP contribution is 2.39. The van der Waals surface area contributed by atoms with Crippen molar-refractivity contribution in [2.45, 2.75) is 45.1 Å². The highest BCUT2D eigenvalue weighted by molar-refractivity contribution is 6.00. The van der Waals surface area contributed by atoms with E-state index in [9.17, 15) is 9.59 Å². The monoisotopic (exact) mass is 450 g/mol. The van der Waals surface area contributed by atoms with Gasteiger partial charge >= 0.3 is 0 Å². The molecule has 7 heteroatoms. The largest absolute Gasteiger partial charge is 0.381 e. The molecule has 1 N–H and O–H groups in total. The van der Waals surface area contributed by atoms with Crippen LogP contribution in [0.25, 0.3) is 10.9 Å². The number of likely N-dealkylation sites (N-methyl/N-ethyl adjacent to an activating group) is 1. The number of amides is 2. The van der Waals surface area contributed by atoms with Crippen LogP contribution in [-0.4, -0.2) is 66.4 Å². The fraction of sp³-hybridized carbons (Fsp3) is 0.577. The van der Waals surface area contributed by atoms with Crippen molar-refractivity contribution in [2.75, 3.05) is 32.8 Å². The molecular weight excluding hydrogens is 416 g/mol. The number of aryl methyl sites for hydroxylation is 1. The van der Waals surface area contributed by atoms with Crippen LogP contribution in [0.5, 0.6) is 0 Å². The zero-order valence-electron chi connectivity index (χ0n) is 19.7. The van der Waals surface area contributed by atoms with Gasteiger partial charge in [-0.1, -0.05) is 0 Å². The molecule has 33 heavy (non-hydrogen) atoms. The molecule has 1 aliphatic carbocycles. The summed E-state index contributed by atoms with van der Waals surface area (Å²) in [6, 6.07) is 6.17. The van der Waals surface area contributed by atoms with Crippen molar-refractivity contribution < 1.29 is 14.3 Å². The van der Waals surface area contributed by atoms with Crippen LogP contribution in [-0.2, 0) is 29.4 Å². The summed E-state index contributed by atoms with van der Waals surface area (Å²) in [5.74, 6) is 1.20. The van der Waals surface area contributed by atoms with Gasteiger partial charge in [0.1, 0.15) is 6.04 Å². The average Bonchev–Trinajstić information content (AvgIpc) is 3.65. The van der Waals surface area contributed by atoms with Crippen LogP contribution in [0.2, 0.25) is 0 Å². The van der Waals surface area contributed by atoms with Gasteiger partial charge in [-0.05, 0) is 74.6 Å². The van der Waals surface area contributed by atoms with E-state index >= 15 is 0 Å². The Labute approximate surface area is 195 Å². The fourth-order valence-electron chi connectivity index (χ4n) is 5.65. The quantitative estimate of drug-likeness (QED) is 0.705. The number of carbonyl (C=O) groups is 2. The molecule has 5 rings (SSSR count). The molecule has 3 aliphatic rings. The second-order valence-corrected chi connectivity index (χ2v) is 9.66. The Hall–Kier alpha value is -2.67. The minimum absolute atomic E-state index is 0.0683. The highest BCUT2D eigenvalue weighted by Gasteiger charge is 2.31. The van der Waals surface area contributed by atoms with Crippen molar-refractivity contribution in [2.24, 2.45) is 23.9 Å². The van der Waals surface area contributed by atoms with Gasteiger partial charge in [0.25, 0.3) is 5.91 Å². The normalized spacial score (nSPS) is 22.2. The molecule has 1 aromatic heterocycles. The van der Waals surface area contributed by atoms with Crippen molar-refractivity contribution in [1.82, 2.24) is 14.8 Å². The summed E-state index contributed by atoms with van der Waals surface area (Å²) in [6.07, 6.45) is 7.54. The molecule has 2 aromatic rings. The lowest BCUT2D eigenvalue weighted by molar-refractivity contribution is -0.121. The first-order valence-corrected chi connectivity index (χ1v) is 12.3. The number of ether oxygens (including phenoxy) is 1. The number of rotatable bonds is 7. The van der Waals surface area contributed by atoms with E-state index in [1.807, 2.05) is 19.2 Å². The number of hydrogen-bond donors (Lipinski definition) is 1. The van der Waals surface area contributed by atoms with E-state index in [-0.39, 0.29) is 24.4 Å². The lowest BCUT2D eigenvalue weighted by atomic mass is 9.75. The minimum atomic E-state index is -0.141. The van der Waals surface area contributed by atoms with Crippen molar-refractivity contribution >= 4 is 28.9 Å². The van der Waals surface area contributed by atoms with Gasteiger partial charge in [-0.15, -0.1) is 0 Å². The number of benzene rings is 1. The molecule has 0 bridgehead atoms. The van der Waals surface area contributed by atoms with Gasteiger partial charge in [-0.3, -0.25) is 14.6 Å². The summed E-state index contributed by atoms with van der Waals surface area (Å²) in [4.78, 5) is 31.2. The molecule has 0 saturated carbocycles. The zero-order chi connectivity index (χ0) is 22.9. The lowest BCUT2D eigenvalue weighted by Crippen LogP contribution is -2.41. The smallest absolute Gasteiger partial charge is 0.254 e. The Kier molecular flexibility index (Phi) is 6.23. The summed E-state index contributed by atoms with van der Waals surface area (Å²) in [6.45, 7) is 4.76. The van der Waals surface area contributed by atoms with E-state index in [2.05, 4.69) is 34.1 Å². The fourth-order valence-corrected chi connectivity index (χ4v) is 5.65. The SMILES string of the molecule is CCN(CC(=O)NCC1C=N1)C(=O)c1ccc2c(c1)c1c(n2C)CCC(C2CCOCC2)C1. The Balaban J connectivity index is 1.36. The lowest BCUT2D eigenvalue weighted by Gasteiger charge is -2.33. The topological polar surface area (TPSA) is 75.9 Å². The maximum Gasteiger partial charge on any atom is 0.254 e. The van der Waals surface area contributed by atoms with Crippen LogP contribution in [0.15, 0.2) is 23.2 Å². The molecule has 176 valence electrons. The third-order valence-corrected chi connectivity index (χ3v) is 7.71. The number of nitrogens with zero attached hydrogens (tertiary/aromatic N) is 3. The summed E-state index contributed by atoms with van der Waals surface area (Å²) in [5, 5.41) is 4.05. The molecule has 2 atom stereocenters. The molecule has 3 heterocycles. The highest BCUT2D eigenvalue weighted by atomic mass is 16.5. The first-order valence-electron chi connectivity index (χ1n) is 12.3. The van der Waals surface area contributed by atoms with Gasteiger partial charge in [-0.2, -0.15) is 0 Å². The molecule has 0 spiro atoms. The second-order valence-electron chi connectivity index (χ2n) is 9.66. The Morgan fingerprint density at radius 2 is 2.00 bits per heavy atom. The number of aromatic nitrogens is 1. The first-order chi connectivity index (χ1) is 16.0. The number of carbonyl (C=O) groups excluding carboxylic acids is 2. The van der Waals surface area contributed by atoms with Crippen molar-refractivity contribution in [1.29, 1.82) is 0 Å². The van der Waals surface area contributed by atoms with Gasteiger partial charge in [0.15, 0.2) is 0 Å². The molecule has 2 unspecified atom stereocenters.